The van der Waals surface area contributed by atoms with Crippen LogP contribution in [0, 0.1) is 0 Å². The molecule has 2 aromatic heterocycles. The zero-order chi connectivity index (χ0) is 40.6. The monoisotopic (exact) mass is 770 g/mol. The van der Waals surface area contributed by atoms with Gasteiger partial charge < -0.3 is 9.47 Å². The van der Waals surface area contributed by atoms with Crippen molar-refractivity contribution in [3.63, 3.8) is 0 Å². The number of aromatic nitrogens is 1. The summed E-state index contributed by atoms with van der Waals surface area (Å²) in [6.45, 7) is 0. The van der Waals surface area contributed by atoms with Gasteiger partial charge in [-0.1, -0.05) is 139 Å². The SMILES string of the molecule is [2H]/C(=C(/[2H])c1ccc2c(c1)sc1cc(N(c3ccccc3)c3ccccc3)ccc12)c1ccc2cc(-c3ccc4c5c3ccc3cccc(c35)n4-c3ccccc3)ccc2c1. The van der Waals surface area contributed by atoms with Crippen molar-refractivity contribution < 1.29 is 2.74 Å². The van der Waals surface area contributed by atoms with E-state index in [9.17, 15) is 2.74 Å². The van der Waals surface area contributed by atoms with Crippen molar-refractivity contribution >= 4 is 104 Å². The van der Waals surface area contributed by atoms with Gasteiger partial charge in [-0.15, -0.1) is 11.3 Å². The lowest BCUT2D eigenvalue weighted by Gasteiger charge is -2.25. The molecule has 0 saturated carbocycles. The molecule has 0 bridgehead atoms. The third kappa shape index (κ3) is 5.62. The summed E-state index contributed by atoms with van der Waals surface area (Å²) in [6.07, 6.45) is 0. The number of anilines is 3. The van der Waals surface area contributed by atoms with Gasteiger partial charge in [-0.2, -0.15) is 0 Å². The van der Waals surface area contributed by atoms with Crippen LogP contribution >= 0.6 is 11.3 Å². The molecule has 0 aliphatic carbocycles. The lowest BCUT2D eigenvalue weighted by Crippen LogP contribution is -2.09. The topological polar surface area (TPSA) is 8.17 Å². The van der Waals surface area contributed by atoms with Gasteiger partial charge in [0.05, 0.1) is 13.8 Å². The lowest BCUT2D eigenvalue weighted by molar-refractivity contribution is 1.18. The zero-order valence-corrected chi connectivity index (χ0v) is 32.7. The van der Waals surface area contributed by atoms with Crippen LogP contribution in [-0.2, 0) is 0 Å². The summed E-state index contributed by atoms with van der Waals surface area (Å²) in [5, 5.41) is 9.55. The van der Waals surface area contributed by atoms with Crippen LogP contribution in [0.1, 0.15) is 13.9 Å². The van der Waals surface area contributed by atoms with Gasteiger partial charge in [-0.05, 0) is 123 Å². The van der Waals surface area contributed by atoms with E-state index in [1.807, 2.05) is 30.3 Å². The maximum absolute atomic E-state index is 9.21. The number of fused-ring (bicyclic) bond motifs is 4. The van der Waals surface area contributed by atoms with E-state index in [4.69, 9.17) is 0 Å². The largest absolute Gasteiger partial charge is 0.310 e. The maximum Gasteiger partial charge on any atom is 0.0629 e. The molecule has 0 radical (unpaired) electrons. The van der Waals surface area contributed by atoms with Crippen LogP contribution in [0.4, 0.5) is 17.1 Å². The molecule has 0 fully saturated rings. The van der Waals surface area contributed by atoms with Gasteiger partial charge in [0.2, 0.25) is 0 Å². The second-order valence-corrected chi connectivity index (χ2v) is 16.3. The minimum Gasteiger partial charge on any atom is -0.310 e. The summed E-state index contributed by atoms with van der Waals surface area (Å²) in [7, 11) is 0. The fourth-order valence-corrected chi connectivity index (χ4v) is 10.2. The van der Waals surface area contributed by atoms with E-state index in [1.54, 1.807) is 11.3 Å². The summed E-state index contributed by atoms with van der Waals surface area (Å²) >= 11 is 1.73. The van der Waals surface area contributed by atoms with Crippen molar-refractivity contribution in [3.05, 3.63) is 217 Å². The molecule has 12 aromatic rings. The highest BCUT2D eigenvalue weighted by Crippen LogP contribution is 2.44. The van der Waals surface area contributed by atoms with Crippen LogP contribution in [-0.4, -0.2) is 4.57 Å². The number of thiophene rings is 1. The van der Waals surface area contributed by atoms with Gasteiger partial charge in [0.1, 0.15) is 0 Å². The zero-order valence-electron chi connectivity index (χ0n) is 33.9. The second kappa shape index (κ2) is 13.6. The van der Waals surface area contributed by atoms with Crippen LogP contribution < -0.4 is 4.90 Å². The molecule has 10 aromatic carbocycles. The smallest absolute Gasteiger partial charge is 0.0629 e. The van der Waals surface area contributed by atoms with E-state index in [-0.39, 0.29) is 12.1 Å². The number of para-hydroxylation sites is 3. The Labute approximate surface area is 348 Å². The van der Waals surface area contributed by atoms with E-state index in [2.05, 4.69) is 185 Å². The number of hydrogen-bond donors (Lipinski definition) is 0. The van der Waals surface area contributed by atoms with Crippen LogP contribution in [0.2, 0.25) is 0 Å². The molecular formula is C56H36N2S. The molecule has 0 aliphatic rings. The standard InChI is InChI=1S/C56H36N2S/c1-4-12-43(13-5-1)57(44-14-6-2-7-15-44)46-27-30-49-48-28-22-38(34-53(48)59-54(49)36-46)20-19-37-21-23-41-35-42(25-24-40(41)33-37)47-31-32-52-56-50(47)29-26-39-11-10-18-51(55(39)56)58(52)45-16-8-3-9-17-45/h1-36H/b20-19+/i19D,20D. The fraction of sp³-hybridized carbons (Fsp3) is 0. The first-order valence-electron chi connectivity index (χ1n) is 21.0. The highest BCUT2D eigenvalue weighted by atomic mass is 32.1. The normalized spacial score (nSPS) is 12.8. The Morgan fingerprint density at radius 3 is 1.81 bits per heavy atom. The van der Waals surface area contributed by atoms with Crippen molar-refractivity contribution in [1.82, 2.24) is 4.57 Å². The minimum atomic E-state index is 0.209. The quantitative estimate of drug-likeness (QED) is 0.116. The predicted octanol–water partition coefficient (Wildman–Crippen LogP) is 16.2. The van der Waals surface area contributed by atoms with E-state index >= 15 is 0 Å². The van der Waals surface area contributed by atoms with Crippen molar-refractivity contribution in [2.45, 2.75) is 0 Å². The molecule has 3 heteroatoms. The predicted molar refractivity (Wildman–Crippen MR) is 255 cm³/mol. The summed E-state index contributed by atoms with van der Waals surface area (Å²) in [5.41, 5.74) is 10.7. The number of benzene rings is 10. The van der Waals surface area contributed by atoms with E-state index in [0.29, 0.717) is 0 Å². The molecule has 276 valence electrons. The van der Waals surface area contributed by atoms with E-state index in [1.165, 1.54) is 48.2 Å². The summed E-state index contributed by atoms with van der Waals surface area (Å²) in [5.74, 6) is 0. The Bertz CT molecular complexity index is 3620. The molecule has 0 amide bonds. The van der Waals surface area contributed by atoms with Crippen molar-refractivity contribution in [2.75, 3.05) is 4.90 Å². The van der Waals surface area contributed by atoms with Crippen LogP contribution in [0.5, 0.6) is 0 Å². The molecule has 0 unspecified atom stereocenters. The van der Waals surface area contributed by atoms with Crippen molar-refractivity contribution in [3.8, 4) is 16.8 Å². The summed E-state index contributed by atoms with van der Waals surface area (Å²) in [6, 6.07) is 73.2. The van der Waals surface area contributed by atoms with Crippen LogP contribution in [0.15, 0.2) is 206 Å². The Kier molecular flexibility index (Phi) is 7.28. The second-order valence-electron chi connectivity index (χ2n) is 15.2. The van der Waals surface area contributed by atoms with Gasteiger partial charge >= 0.3 is 0 Å². The average molecular weight is 771 g/mol. The van der Waals surface area contributed by atoms with Gasteiger partial charge in [0, 0.05) is 53.7 Å². The highest BCUT2D eigenvalue weighted by molar-refractivity contribution is 7.25. The van der Waals surface area contributed by atoms with Crippen LogP contribution in [0.3, 0.4) is 0 Å². The minimum absolute atomic E-state index is 0.209. The van der Waals surface area contributed by atoms with E-state index < -0.39 is 0 Å². The van der Waals surface area contributed by atoms with Gasteiger partial charge in [-0.25, -0.2) is 0 Å². The van der Waals surface area contributed by atoms with Crippen molar-refractivity contribution in [2.24, 2.45) is 0 Å². The van der Waals surface area contributed by atoms with Gasteiger partial charge in [-0.3, -0.25) is 0 Å². The Morgan fingerprint density at radius 1 is 0.424 bits per heavy atom. The summed E-state index contributed by atoms with van der Waals surface area (Å²) < 4.78 is 23.1. The number of hydrogen-bond acceptors (Lipinski definition) is 2. The first-order chi connectivity index (χ1) is 30.1. The molecular weight excluding hydrogens is 733 g/mol. The molecule has 0 spiro atoms. The first-order valence-corrected chi connectivity index (χ1v) is 20.8. The molecule has 0 saturated heterocycles. The molecule has 0 aliphatic heterocycles. The third-order valence-corrected chi connectivity index (χ3v) is 12.8. The third-order valence-electron chi connectivity index (χ3n) is 11.7. The Balaban J connectivity index is 0.882. The van der Waals surface area contributed by atoms with Crippen molar-refractivity contribution in [1.29, 1.82) is 0 Å². The van der Waals surface area contributed by atoms with E-state index in [0.717, 1.165) is 60.3 Å². The lowest BCUT2D eigenvalue weighted by atomic mass is 9.93. The van der Waals surface area contributed by atoms with Gasteiger partial charge in [0.15, 0.2) is 0 Å². The Hall–Kier alpha value is -7.46. The molecule has 12 rings (SSSR count). The molecule has 59 heavy (non-hydrogen) atoms. The fourth-order valence-electron chi connectivity index (χ4n) is 9.01. The Morgan fingerprint density at radius 2 is 1.03 bits per heavy atom. The molecule has 0 N–H and O–H groups in total. The van der Waals surface area contributed by atoms with Gasteiger partial charge in [0.25, 0.3) is 0 Å². The molecule has 2 nitrogen and oxygen atoms in total. The molecule has 2 heterocycles. The summed E-state index contributed by atoms with van der Waals surface area (Å²) in [4.78, 5) is 2.28. The number of rotatable bonds is 7. The highest BCUT2D eigenvalue weighted by Gasteiger charge is 2.19. The van der Waals surface area contributed by atoms with Crippen LogP contribution in [0.25, 0.3) is 92.4 Å². The maximum atomic E-state index is 9.21. The number of nitrogens with zero attached hydrogens (tertiary/aromatic N) is 2. The molecule has 0 atom stereocenters. The average Bonchev–Trinajstić information content (AvgIpc) is 3.87. The first kappa shape index (κ1) is 31.6.